The molecule has 2 bridgehead atoms. The van der Waals surface area contributed by atoms with Crippen LogP contribution in [0.4, 0.5) is 0 Å². The first-order chi connectivity index (χ1) is 8.61. The van der Waals surface area contributed by atoms with Crippen molar-refractivity contribution in [1.29, 1.82) is 0 Å². The SMILES string of the molecule is CC(=O)C1(C2(C)CO2)C2CCC1c1ccccc12. The largest absolute Gasteiger partial charge is 0.369 e. The van der Waals surface area contributed by atoms with Gasteiger partial charge in [0.1, 0.15) is 11.4 Å². The Bertz CT molecular complexity index is 511. The summed E-state index contributed by atoms with van der Waals surface area (Å²) >= 11 is 0. The monoisotopic (exact) mass is 242 g/mol. The van der Waals surface area contributed by atoms with Gasteiger partial charge in [0, 0.05) is 11.8 Å². The van der Waals surface area contributed by atoms with E-state index in [1.54, 1.807) is 6.92 Å². The zero-order valence-corrected chi connectivity index (χ0v) is 10.9. The summed E-state index contributed by atoms with van der Waals surface area (Å²) in [6, 6.07) is 8.62. The fraction of sp³-hybridized carbons (Fsp3) is 0.562. The van der Waals surface area contributed by atoms with Crippen LogP contribution >= 0.6 is 0 Å². The van der Waals surface area contributed by atoms with E-state index >= 15 is 0 Å². The van der Waals surface area contributed by atoms with Crippen LogP contribution in [0.1, 0.15) is 49.7 Å². The van der Waals surface area contributed by atoms with Gasteiger partial charge in [0.15, 0.2) is 0 Å². The first kappa shape index (κ1) is 10.7. The summed E-state index contributed by atoms with van der Waals surface area (Å²) in [7, 11) is 0. The zero-order valence-electron chi connectivity index (χ0n) is 10.9. The van der Waals surface area contributed by atoms with Gasteiger partial charge in [0.25, 0.3) is 0 Å². The Hall–Kier alpha value is -1.15. The lowest BCUT2D eigenvalue weighted by Gasteiger charge is -2.36. The van der Waals surface area contributed by atoms with E-state index in [0.717, 1.165) is 19.4 Å². The van der Waals surface area contributed by atoms with Gasteiger partial charge in [0.05, 0.1) is 12.0 Å². The molecule has 4 rings (SSSR count). The second kappa shape index (κ2) is 3.05. The number of hydrogen-bond donors (Lipinski definition) is 0. The van der Waals surface area contributed by atoms with Crippen molar-refractivity contribution in [3.63, 3.8) is 0 Å². The molecule has 0 spiro atoms. The molecule has 0 amide bonds. The summed E-state index contributed by atoms with van der Waals surface area (Å²) in [6.07, 6.45) is 2.28. The van der Waals surface area contributed by atoms with Crippen molar-refractivity contribution in [1.82, 2.24) is 0 Å². The topological polar surface area (TPSA) is 29.6 Å². The maximum Gasteiger partial charge on any atom is 0.140 e. The minimum absolute atomic E-state index is 0.219. The second-order valence-electron chi connectivity index (χ2n) is 6.26. The molecular formula is C16H18O2. The Morgan fingerprint density at radius 2 is 1.72 bits per heavy atom. The number of carbonyl (C=O) groups excluding carboxylic acids is 1. The second-order valence-corrected chi connectivity index (χ2v) is 6.26. The molecule has 3 unspecified atom stereocenters. The number of Topliss-reactive ketones (excluding diaryl/α,β-unsaturated/α-hetero) is 1. The molecule has 3 atom stereocenters. The molecule has 0 aromatic heterocycles. The lowest BCUT2D eigenvalue weighted by Crippen LogP contribution is -2.45. The number of hydrogen-bond acceptors (Lipinski definition) is 2. The van der Waals surface area contributed by atoms with Crippen molar-refractivity contribution in [3.8, 4) is 0 Å². The van der Waals surface area contributed by atoms with E-state index in [2.05, 4.69) is 31.2 Å². The van der Waals surface area contributed by atoms with Gasteiger partial charge in [-0.25, -0.2) is 0 Å². The van der Waals surface area contributed by atoms with Gasteiger partial charge < -0.3 is 4.74 Å². The number of ketones is 1. The predicted octanol–water partition coefficient (Wildman–Crippen LogP) is 3.03. The number of fused-ring (bicyclic) bond motifs is 5. The van der Waals surface area contributed by atoms with E-state index in [4.69, 9.17) is 4.74 Å². The first-order valence-corrected chi connectivity index (χ1v) is 6.85. The first-order valence-electron chi connectivity index (χ1n) is 6.85. The van der Waals surface area contributed by atoms with Crippen LogP contribution in [0.3, 0.4) is 0 Å². The molecule has 0 radical (unpaired) electrons. The molecular weight excluding hydrogens is 224 g/mol. The molecule has 3 aliphatic rings. The lowest BCUT2D eigenvalue weighted by molar-refractivity contribution is -0.131. The van der Waals surface area contributed by atoms with Crippen molar-refractivity contribution in [2.45, 2.75) is 44.1 Å². The predicted molar refractivity (Wildman–Crippen MR) is 68.6 cm³/mol. The quantitative estimate of drug-likeness (QED) is 0.746. The Morgan fingerprint density at radius 3 is 2.11 bits per heavy atom. The number of rotatable bonds is 2. The zero-order chi connectivity index (χ0) is 12.5. The van der Waals surface area contributed by atoms with Crippen molar-refractivity contribution in [2.75, 3.05) is 6.61 Å². The van der Waals surface area contributed by atoms with Gasteiger partial charge in [0.2, 0.25) is 0 Å². The van der Waals surface area contributed by atoms with E-state index in [1.165, 1.54) is 11.1 Å². The Labute approximate surface area is 107 Å². The van der Waals surface area contributed by atoms with Crippen LogP contribution in [0.15, 0.2) is 24.3 Å². The van der Waals surface area contributed by atoms with E-state index in [0.29, 0.717) is 17.6 Å². The van der Waals surface area contributed by atoms with Crippen LogP contribution in [0.5, 0.6) is 0 Å². The Morgan fingerprint density at radius 1 is 1.22 bits per heavy atom. The van der Waals surface area contributed by atoms with Gasteiger partial charge in [-0.05, 0) is 37.8 Å². The average molecular weight is 242 g/mol. The van der Waals surface area contributed by atoms with Crippen molar-refractivity contribution >= 4 is 5.78 Å². The maximum absolute atomic E-state index is 12.5. The fourth-order valence-corrected chi connectivity index (χ4v) is 4.93. The third-order valence-corrected chi connectivity index (χ3v) is 5.63. The minimum Gasteiger partial charge on any atom is -0.369 e. The van der Waals surface area contributed by atoms with Crippen LogP contribution in [0.25, 0.3) is 0 Å². The number of epoxide rings is 1. The van der Waals surface area contributed by atoms with E-state index in [1.807, 2.05) is 0 Å². The van der Waals surface area contributed by atoms with E-state index in [9.17, 15) is 4.79 Å². The van der Waals surface area contributed by atoms with Crippen LogP contribution < -0.4 is 0 Å². The van der Waals surface area contributed by atoms with Crippen molar-refractivity contribution < 1.29 is 9.53 Å². The minimum atomic E-state index is -0.281. The summed E-state index contributed by atoms with van der Waals surface area (Å²) in [5.41, 5.74) is 2.31. The third kappa shape index (κ3) is 0.947. The number of benzene rings is 1. The highest BCUT2D eigenvalue weighted by molar-refractivity contribution is 5.89. The van der Waals surface area contributed by atoms with Gasteiger partial charge >= 0.3 is 0 Å². The molecule has 1 saturated carbocycles. The normalized spacial score (nSPS) is 43.9. The Kier molecular flexibility index (Phi) is 1.82. The van der Waals surface area contributed by atoms with Gasteiger partial charge in [-0.3, -0.25) is 4.79 Å². The molecule has 2 fully saturated rings. The van der Waals surface area contributed by atoms with Crippen LogP contribution in [0.2, 0.25) is 0 Å². The molecule has 18 heavy (non-hydrogen) atoms. The Balaban J connectivity index is 1.97. The average Bonchev–Trinajstić information content (AvgIpc) is 2.91. The van der Waals surface area contributed by atoms with Gasteiger partial charge in [-0.1, -0.05) is 24.3 Å². The summed E-state index contributed by atoms with van der Waals surface area (Å²) in [5.74, 6) is 1.08. The lowest BCUT2D eigenvalue weighted by atomic mass is 9.64. The smallest absolute Gasteiger partial charge is 0.140 e. The highest BCUT2D eigenvalue weighted by atomic mass is 16.6. The fourth-order valence-electron chi connectivity index (χ4n) is 4.93. The molecule has 2 heteroatoms. The molecule has 1 aliphatic heterocycles. The molecule has 1 heterocycles. The van der Waals surface area contributed by atoms with Crippen molar-refractivity contribution in [3.05, 3.63) is 35.4 Å². The molecule has 1 aromatic carbocycles. The van der Waals surface area contributed by atoms with Crippen molar-refractivity contribution in [2.24, 2.45) is 5.41 Å². The highest BCUT2D eigenvalue weighted by Crippen LogP contribution is 2.72. The summed E-state index contributed by atoms with van der Waals surface area (Å²) in [6.45, 7) is 4.64. The molecule has 1 aromatic rings. The number of carbonyl (C=O) groups is 1. The van der Waals surface area contributed by atoms with E-state index < -0.39 is 0 Å². The molecule has 0 N–H and O–H groups in total. The van der Waals surface area contributed by atoms with Crippen LogP contribution in [-0.4, -0.2) is 18.0 Å². The molecule has 2 aliphatic carbocycles. The van der Waals surface area contributed by atoms with Gasteiger partial charge in [-0.2, -0.15) is 0 Å². The molecule has 1 saturated heterocycles. The summed E-state index contributed by atoms with van der Waals surface area (Å²) in [5, 5.41) is 0. The van der Waals surface area contributed by atoms with Crippen LogP contribution in [-0.2, 0) is 9.53 Å². The third-order valence-electron chi connectivity index (χ3n) is 5.63. The van der Waals surface area contributed by atoms with Crippen LogP contribution in [0, 0.1) is 5.41 Å². The standard InChI is InChI=1S/C16H18O2/c1-10(17)16(15(2)9-18-15)13-7-8-14(16)12-6-4-3-5-11(12)13/h3-6,13-14H,7-9H2,1-2H3. The summed E-state index contributed by atoms with van der Waals surface area (Å²) in [4.78, 5) is 12.5. The molecule has 94 valence electrons. The highest BCUT2D eigenvalue weighted by Gasteiger charge is 2.72. The number of ether oxygens (including phenoxy) is 1. The molecule has 2 nitrogen and oxygen atoms in total. The van der Waals surface area contributed by atoms with E-state index in [-0.39, 0.29) is 11.0 Å². The maximum atomic E-state index is 12.5. The van der Waals surface area contributed by atoms with Gasteiger partial charge in [-0.15, -0.1) is 0 Å². The summed E-state index contributed by atoms with van der Waals surface area (Å²) < 4.78 is 5.74.